The Labute approximate surface area is 74.1 Å². The summed E-state index contributed by atoms with van der Waals surface area (Å²) >= 11 is 5.59. The van der Waals surface area contributed by atoms with Crippen LogP contribution in [0.15, 0.2) is 10.6 Å². The monoisotopic (exact) mass is 274 g/mol. The van der Waals surface area contributed by atoms with Crippen molar-refractivity contribution in [3.05, 3.63) is 9.81 Å². The largest absolute Gasteiger partial charge is 0.192 e. The van der Waals surface area contributed by atoms with Crippen LogP contribution in [0, 0.1) is 9.81 Å². The van der Waals surface area contributed by atoms with Crippen molar-refractivity contribution in [2.45, 2.75) is 0 Å². The summed E-state index contributed by atoms with van der Waals surface area (Å²) in [6.45, 7) is 0.557. The van der Waals surface area contributed by atoms with Crippen LogP contribution >= 0.6 is 32.3 Å². The summed E-state index contributed by atoms with van der Waals surface area (Å²) in [6.07, 6.45) is 0. The summed E-state index contributed by atoms with van der Waals surface area (Å²) in [5.74, 6) is 0. The van der Waals surface area contributed by atoms with E-state index in [0.29, 0.717) is 0 Å². The smallest absolute Gasteiger partial charge is 0.0720 e. The highest BCUT2D eigenvalue weighted by Gasteiger charge is 2.00. The maximum absolute atomic E-state index is 9.69. The van der Waals surface area contributed by atoms with E-state index >= 15 is 0 Å². The molecule has 0 aliphatic heterocycles. The molecule has 0 rings (SSSR count). The van der Waals surface area contributed by atoms with Gasteiger partial charge in [-0.1, -0.05) is 0 Å². The van der Waals surface area contributed by atoms with Crippen LogP contribution in [0.4, 0.5) is 0 Å². The lowest BCUT2D eigenvalue weighted by Crippen LogP contribution is -2.16. The van der Waals surface area contributed by atoms with Gasteiger partial charge in [-0.2, -0.15) is 8.07 Å². The molecule has 0 bridgehead atoms. The van der Waals surface area contributed by atoms with Gasteiger partial charge in [-0.3, -0.25) is 0 Å². The molecule has 0 heterocycles. The molecule has 0 aliphatic rings. The Morgan fingerprint density at radius 3 is 1.50 bits per heavy atom. The van der Waals surface area contributed by atoms with E-state index in [1.807, 2.05) is 0 Å². The molecule has 0 fully saturated rings. The highest BCUT2D eigenvalue weighted by molar-refractivity contribution is 9.07. The maximum atomic E-state index is 9.69. The van der Waals surface area contributed by atoms with E-state index in [9.17, 15) is 9.81 Å². The van der Waals surface area contributed by atoms with Crippen molar-refractivity contribution in [1.29, 1.82) is 0 Å². The summed E-state index contributed by atoms with van der Waals surface area (Å²) in [5, 5.41) is 5.01. The third-order valence-corrected chi connectivity index (χ3v) is 1.61. The third kappa shape index (κ3) is 4.62. The van der Waals surface area contributed by atoms with Crippen molar-refractivity contribution >= 4 is 32.3 Å². The molecular formula is C2H4Br2N4O2. The van der Waals surface area contributed by atoms with Crippen LogP contribution in [-0.4, -0.2) is 21.2 Å². The first-order chi connectivity index (χ1) is 4.70. The molecule has 0 aromatic rings. The fourth-order valence-electron chi connectivity index (χ4n) is 0.247. The van der Waals surface area contributed by atoms with Gasteiger partial charge in [0.15, 0.2) is 0 Å². The molecule has 0 atom stereocenters. The zero-order valence-corrected chi connectivity index (χ0v) is 7.95. The second-order valence-corrected chi connectivity index (χ2v) is 2.92. The summed E-state index contributed by atoms with van der Waals surface area (Å²) in [4.78, 5) is 19.4. The van der Waals surface area contributed by atoms with Crippen LogP contribution in [0.3, 0.4) is 0 Å². The van der Waals surface area contributed by atoms with Gasteiger partial charge in [-0.25, -0.2) is 0 Å². The van der Waals surface area contributed by atoms with Crippen LogP contribution in [-0.2, 0) is 0 Å². The van der Waals surface area contributed by atoms with Crippen LogP contribution in [0.5, 0.6) is 0 Å². The highest BCUT2D eigenvalue weighted by atomic mass is 79.9. The number of hydrogen-bond donors (Lipinski definition) is 0. The lowest BCUT2D eigenvalue weighted by molar-refractivity contribution is 0.425. The summed E-state index contributed by atoms with van der Waals surface area (Å²) < 4.78 is 1.96. The van der Waals surface area contributed by atoms with Gasteiger partial charge in [0.05, 0.1) is 56.0 Å². The fraction of sp³-hybridized carbons (Fsp3) is 1.00. The van der Waals surface area contributed by atoms with Crippen molar-refractivity contribution in [1.82, 2.24) is 8.07 Å². The van der Waals surface area contributed by atoms with Crippen LogP contribution in [0.1, 0.15) is 0 Å². The molecule has 0 spiro atoms. The summed E-state index contributed by atoms with van der Waals surface area (Å²) in [6, 6.07) is 0. The van der Waals surface area contributed by atoms with Gasteiger partial charge in [-0.05, 0) is 0 Å². The first-order valence-corrected chi connectivity index (χ1v) is 3.65. The topological polar surface area (TPSA) is 65.3 Å². The number of halogens is 2. The summed E-state index contributed by atoms with van der Waals surface area (Å²) in [5.41, 5.74) is 0. The molecule has 6 nitrogen and oxygen atoms in total. The molecule has 10 heavy (non-hydrogen) atoms. The van der Waals surface area contributed by atoms with E-state index in [0.717, 1.165) is 8.07 Å². The van der Waals surface area contributed by atoms with Crippen molar-refractivity contribution in [2.75, 3.05) is 13.1 Å². The molecule has 0 amide bonds. The third-order valence-electron chi connectivity index (χ3n) is 0.646. The zero-order valence-electron chi connectivity index (χ0n) is 4.78. The zero-order chi connectivity index (χ0) is 7.98. The minimum atomic E-state index is 0.278. The van der Waals surface area contributed by atoms with Gasteiger partial charge < -0.3 is 0 Å². The van der Waals surface area contributed by atoms with E-state index < -0.39 is 0 Å². The second kappa shape index (κ2) is 5.54. The Morgan fingerprint density at radius 2 is 1.30 bits per heavy atom. The van der Waals surface area contributed by atoms with Crippen molar-refractivity contribution < 1.29 is 0 Å². The first-order valence-electron chi connectivity index (χ1n) is 2.24. The molecule has 0 saturated carbocycles. The van der Waals surface area contributed by atoms with Crippen molar-refractivity contribution in [3.8, 4) is 0 Å². The quantitative estimate of drug-likeness (QED) is 0.434. The van der Waals surface area contributed by atoms with Crippen LogP contribution in [0.25, 0.3) is 0 Å². The maximum Gasteiger partial charge on any atom is 0.0720 e. The number of rotatable bonds is 5. The Bertz CT molecular complexity index is 108. The number of hydrogen-bond acceptors (Lipinski definition) is 4. The van der Waals surface area contributed by atoms with Crippen molar-refractivity contribution in [2.24, 2.45) is 10.6 Å². The van der Waals surface area contributed by atoms with Gasteiger partial charge in [0.25, 0.3) is 0 Å². The molecule has 8 heteroatoms. The molecule has 0 N–H and O–H groups in total. The summed E-state index contributed by atoms with van der Waals surface area (Å²) in [7, 11) is 0. The molecule has 0 unspecified atom stereocenters. The van der Waals surface area contributed by atoms with Crippen LogP contribution < -0.4 is 0 Å². The Kier molecular flexibility index (Phi) is 5.40. The predicted molar refractivity (Wildman–Crippen MR) is 42.9 cm³/mol. The second-order valence-electron chi connectivity index (χ2n) is 1.28. The van der Waals surface area contributed by atoms with Gasteiger partial charge in [0, 0.05) is 0 Å². The Hall–Kier alpha value is -0.240. The average molecular weight is 276 g/mol. The van der Waals surface area contributed by atoms with E-state index in [2.05, 4.69) is 42.9 Å². The highest BCUT2D eigenvalue weighted by Crippen LogP contribution is 2.01. The standard InChI is InChI=1S/C2H4Br2N4O2/c3-7(5-9)1-2-8(4)6-10/h1-2H2. The van der Waals surface area contributed by atoms with E-state index in [-0.39, 0.29) is 13.1 Å². The minimum absolute atomic E-state index is 0.278. The van der Waals surface area contributed by atoms with Gasteiger partial charge in [0.2, 0.25) is 0 Å². The normalized spacial score (nSPS) is 8.60. The Morgan fingerprint density at radius 1 is 1.00 bits per heavy atom. The number of nitroso groups, excluding NO2 is 2. The van der Waals surface area contributed by atoms with Gasteiger partial charge in [0.1, 0.15) is 0 Å². The lowest BCUT2D eigenvalue weighted by Gasteiger charge is -2.07. The molecule has 58 valence electrons. The van der Waals surface area contributed by atoms with Gasteiger partial charge in [-0.15, -0.1) is 9.81 Å². The van der Waals surface area contributed by atoms with Crippen LogP contribution in [0.2, 0.25) is 0 Å². The minimum Gasteiger partial charge on any atom is -0.192 e. The van der Waals surface area contributed by atoms with E-state index in [4.69, 9.17) is 0 Å². The first kappa shape index (κ1) is 9.76. The van der Waals surface area contributed by atoms with E-state index in [1.165, 1.54) is 0 Å². The molecular weight excluding hydrogens is 272 g/mol. The fourth-order valence-corrected chi connectivity index (χ4v) is 0.564. The SMILES string of the molecule is O=NN(Br)CCN(Br)N=O. The Balaban J connectivity index is 3.34. The van der Waals surface area contributed by atoms with Gasteiger partial charge >= 0.3 is 0 Å². The average Bonchev–Trinajstić information content (AvgIpc) is 1.99. The van der Waals surface area contributed by atoms with Crippen molar-refractivity contribution in [3.63, 3.8) is 0 Å². The molecule has 0 saturated heterocycles. The lowest BCUT2D eigenvalue weighted by atomic mass is 10.7. The number of nitrogens with zero attached hydrogens (tertiary/aromatic N) is 4. The molecule has 0 aromatic carbocycles. The molecule has 0 aromatic heterocycles. The molecule has 0 aliphatic carbocycles. The molecule has 0 radical (unpaired) electrons. The van der Waals surface area contributed by atoms with E-state index in [1.54, 1.807) is 0 Å². The predicted octanol–water partition coefficient (Wildman–Crippen LogP) is 1.57.